The lowest BCUT2D eigenvalue weighted by molar-refractivity contribution is 0.669. The van der Waals surface area contributed by atoms with Gasteiger partial charge >= 0.3 is 0 Å². The zero-order chi connectivity index (χ0) is 37.5. The summed E-state index contributed by atoms with van der Waals surface area (Å²) in [4.78, 5) is 15.6. The molecule has 0 atom stereocenters. The zero-order valence-corrected chi connectivity index (χ0v) is 31.2. The van der Waals surface area contributed by atoms with Crippen LogP contribution in [0.1, 0.15) is 0 Å². The Morgan fingerprint density at radius 2 is 1.04 bits per heavy atom. The number of thiophene rings is 1. The van der Waals surface area contributed by atoms with E-state index in [1.807, 2.05) is 65.9 Å². The summed E-state index contributed by atoms with van der Waals surface area (Å²) in [5, 5.41) is 7.00. The number of aromatic nitrogens is 4. The predicted octanol–water partition coefficient (Wildman–Crippen LogP) is 13.9. The summed E-state index contributed by atoms with van der Waals surface area (Å²) in [5.41, 5.74) is 10.1. The van der Waals surface area contributed by atoms with E-state index < -0.39 is 0 Å². The van der Waals surface area contributed by atoms with Crippen LogP contribution >= 0.6 is 11.3 Å². The first-order valence-electron chi connectivity index (χ1n) is 19.0. The number of para-hydroxylation sites is 3. The fourth-order valence-electron chi connectivity index (χ4n) is 8.46. The summed E-state index contributed by atoms with van der Waals surface area (Å²) < 4.78 is 11.1. The fourth-order valence-corrected chi connectivity index (χ4v) is 9.70. The number of nitrogens with zero attached hydrogens (tertiary/aromatic N) is 4. The molecule has 0 unspecified atom stereocenters. The number of benzene rings is 8. The van der Waals surface area contributed by atoms with Crippen LogP contribution in [0.4, 0.5) is 0 Å². The molecular formula is C51H30N4OS. The van der Waals surface area contributed by atoms with Gasteiger partial charge in [0.05, 0.1) is 11.0 Å². The Labute approximate surface area is 330 Å². The highest BCUT2D eigenvalue weighted by molar-refractivity contribution is 7.26. The van der Waals surface area contributed by atoms with E-state index >= 15 is 0 Å². The number of hydrogen-bond donors (Lipinski definition) is 0. The number of rotatable bonds is 5. The van der Waals surface area contributed by atoms with Crippen LogP contribution in [-0.2, 0) is 0 Å². The van der Waals surface area contributed by atoms with Crippen LogP contribution in [0.2, 0.25) is 0 Å². The van der Waals surface area contributed by atoms with Gasteiger partial charge in [0.15, 0.2) is 11.6 Å². The molecule has 0 amide bonds. The van der Waals surface area contributed by atoms with E-state index in [1.165, 1.54) is 31.3 Å². The van der Waals surface area contributed by atoms with E-state index in [4.69, 9.17) is 19.4 Å². The van der Waals surface area contributed by atoms with Crippen LogP contribution in [0.5, 0.6) is 0 Å². The molecule has 0 saturated heterocycles. The minimum absolute atomic E-state index is 0.549. The van der Waals surface area contributed by atoms with Gasteiger partial charge in [0.2, 0.25) is 5.95 Å². The molecule has 12 aromatic rings. The highest BCUT2D eigenvalue weighted by atomic mass is 32.1. The quantitative estimate of drug-likeness (QED) is 0.176. The van der Waals surface area contributed by atoms with Crippen molar-refractivity contribution in [2.45, 2.75) is 0 Å². The van der Waals surface area contributed by atoms with Gasteiger partial charge < -0.3 is 4.42 Å². The van der Waals surface area contributed by atoms with Crippen molar-refractivity contribution in [3.05, 3.63) is 182 Å². The molecule has 4 heterocycles. The molecule has 4 aromatic heterocycles. The smallest absolute Gasteiger partial charge is 0.238 e. The van der Waals surface area contributed by atoms with Crippen molar-refractivity contribution in [1.29, 1.82) is 0 Å². The topological polar surface area (TPSA) is 56.7 Å². The second kappa shape index (κ2) is 12.6. The Hall–Kier alpha value is -7.41. The molecule has 0 aliphatic carbocycles. The Bertz CT molecular complexity index is 3540. The zero-order valence-electron chi connectivity index (χ0n) is 30.4. The van der Waals surface area contributed by atoms with Gasteiger partial charge in [-0.15, -0.1) is 11.3 Å². The van der Waals surface area contributed by atoms with E-state index in [-0.39, 0.29) is 0 Å². The summed E-state index contributed by atoms with van der Waals surface area (Å²) in [6, 6.07) is 63.9. The maximum Gasteiger partial charge on any atom is 0.238 e. The monoisotopic (exact) mass is 746 g/mol. The maximum absolute atomic E-state index is 6.32. The Balaban J connectivity index is 1.09. The minimum Gasteiger partial charge on any atom is -0.456 e. The summed E-state index contributed by atoms with van der Waals surface area (Å²) in [6.07, 6.45) is 0. The van der Waals surface area contributed by atoms with Crippen LogP contribution in [-0.4, -0.2) is 19.5 Å². The SMILES string of the molecule is c1ccc(-c2nc(-c3ccc4c(c3)oc3ccccc34)nc(-n3c4ccccc4c4cccc(-c5cccc(-c6cccc7c6sc6ccccc67)c5)c43)n2)cc1. The molecule has 0 radical (unpaired) electrons. The Morgan fingerprint density at radius 3 is 1.91 bits per heavy atom. The van der Waals surface area contributed by atoms with Gasteiger partial charge in [-0.1, -0.05) is 146 Å². The van der Waals surface area contributed by atoms with Crippen LogP contribution in [0, 0.1) is 0 Å². The van der Waals surface area contributed by atoms with Gasteiger partial charge in [-0.2, -0.15) is 9.97 Å². The van der Waals surface area contributed by atoms with E-state index in [0.29, 0.717) is 17.6 Å². The van der Waals surface area contributed by atoms with Gasteiger partial charge in [-0.25, -0.2) is 4.98 Å². The Kier molecular flexibility index (Phi) is 7.03. The molecule has 0 saturated carbocycles. The van der Waals surface area contributed by atoms with Crippen molar-refractivity contribution in [2.75, 3.05) is 0 Å². The first-order chi connectivity index (χ1) is 28.2. The van der Waals surface area contributed by atoms with Gasteiger partial charge in [-0.05, 0) is 53.1 Å². The van der Waals surface area contributed by atoms with E-state index in [0.717, 1.165) is 66.0 Å². The van der Waals surface area contributed by atoms with E-state index in [9.17, 15) is 0 Å². The second-order valence-electron chi connectivity index (χ2n) is 14.4. The average Bonchev–Trinajstić information content (AvgIpc) is 3.96. The van der Waals surface area contributed by atoms with Crippen molar-refractivity contribution in [2.24, 2.45) is 0 Å². The average molecular weight is 747 g/mol. The van der Waals surface area contributed by atoms with Crippen molar-refractivity contribution < 1.29 is 4.42 Å². The normalized spacial score (nSPS) is 11.9. The molecule has 0 bridgehead atoms. The predicted molar refractivity (Wildman–Crippen MR) is 236 cm³/mol. The summed E-state index contributed by atoms with van der Waals surface area (Å²) in [7, 11) is 0. The van der Waals surface area contributed by atoms with Crippen LogP contribution in [0.25, 0.3) is 115 Å². The summed E-state index contributed by atoms with van der Waals surface area (Å²) in [6.45, 7) is 0. The minimum atomic E-state index is 0.549. The molecule has 12 rings (SSSR count). The largest absolute Gasteiger partial charge is 0.456 e. The lowest BCUT2D eigenvalue weighted by Crippen LogP contribution is -2.07. The molecule has 57 heavy (non-hydrogen) atoms. The summed E-state index contributed by atoms with van der Waals surface area (Å²) >= 11 is 1.86. The summed E-state index contributed by atoms with van der Waals surface area (Å²) in [5.74, 6) is 1.72. The Morgan fingerprint density at radius 1 is 0.404 bits per heavy atom. The molecule has 6 heteroatoms. The second-order valence-corrected chi connectivity index (χ2v) is 15.4. The van der Waals surface area contributed by atoms with E-state index in [1.54, 1.807) is 0 Å². The molecule has 0 fully saturated rings. The molecule has 0 aliphatic rings. The molecule has 0 aliphatic heterocycles. The highest BCUT2D eigenvalue weighted by Gasteiger charge is 2.21. The standard InChI is InChI=1S/C51H30N4OS/c1-2-13-31(14-3-1)49-52-50(34-27-28-39-38-18-5-8-25-44(38)56-45(39)30-34)54-51(53-49)55-43-24-7-4-17-37(43)41-22-11-20-35(47(41)55)32-15-10-16-33(29-32)36-21-12-23-42-40-19-6-9-26-46(40)57-48(36)42/h1-30H. The lowest BCUT2D eigenvalue weighted by Gasteiger charge is -2.13. The first-order valence-corrected chi connectivity index (χ1v) is 19.8. The number of fused-ring (bicyclic) bond motifs is 9. The fraction of sp³-hybridized carbons (Fsp3) is 0. The molecule has 0 spiro atoms. The molecular weight excluding hydrogens is 717 g/mol. The van der Waals surface area contributed by atoms with Crippen LogP contribution < -0.4 is 0 Å². The molecule has 266 valence electrons. The third-order valence-corrected chi connectivity index (χ3v) is 12.3. The van der Waals surface area contributed by atoms with Crippen molar-refractivity contribution >= 4 is 75.3 Å². The third kappa shape index (κ3) is 5.04. The van der Waals surface area contributed by atoms with Crippen molar-refractivity contribution in [3.63, 3.8) is 0 Å². The van der Waals surface area contributed by atoms with Gasteiger partial charge in [0, 0.05) is 58.4 Å². The van der Waals surface area contributed by atoms with E-state index in [2.05, 4.69) is 132 Å². The molecule has 8 aromatic carbocycles. The number of furan rings is 1. The van der Waals surface area contributed by atoms with Gasteiger partial charge in [0.1, 0.15) is 11.2 Å². The van der Waals surface area contributed by atoms with Crippen LogP contribution in [0.3, 0.4) is 0 Å². The van der Waals surface area contributed by atoms with Crippen LogP contribution in [0.15, 0.2) is 186 Å². The van der Waals surface area contributed by atoms with Gasteiger partial charge in [-0.3, -0.25) is 4.57 Å². The van der Waals surface area contributed by atoms with Crippen molar-refractivity contribution in [3.8, 4) is 51.0 Å². The lowest BCUT2D eigenvalue weighted by atomic mass is 9.96. The third-order valence-electron chi connectivity index (χ3n) is 11.1. The van der Waals surface area contributed by atoms with Gasteiger partial charge in [0.25, 0.3) is 0 Å². The molecule has 0 N–H and O–H groups in total. The molecule has 5 nitrogen and oxygen atoms in total. The highest BCUT2D eigenvalue weighted by Crippen LogP contribution is 2.43. The first kappa shape index (κ1) is 31.9. The van der Waals surface area contributed by atoms with Crippen molar-refractivity contribution in [1.82, 2.24) is 19.5 Å². The maximum atomic E-state index is 6.32. The number of hydrogen-bond acceptors (Lipinski definition) is 5.